The van der Waals surface area contributed by atoms with E-state index in [9.17, 15) is 19.5 Å². The minimum atomic E-state index is -1.02. The Kier molecular flexibility index (Phi) is 11.6. The zero-order chi connectivity index (χ0) is 30.2. The Morgan fingerprint density at radius 2 is 1.60 bits per heavy atom. The summed E-state index contributed by atoms with van der Waals surface area (Å²) in [6, 6.07) is 9.95. The molecule has 3 amide bonds. The third-order valence-corrected chi connectivity index (χ3v) is 6.53. The summed E-state index contributed by atoms with van der Waals surface area (Å²) >= 11 is 0. The van der Waals surface area contributed by atoms with Crippen molar-refractivity contribution in [3.8, 4) is 5.75 Å². The van der Waals surface area contributed by atoms with Gasteiger partial charge in [0.1, 0.15) is 23.4 Å². The molecule has 0 bridgehead atoms. The minimum Gasteiger partial charge on any atom is -0.508 e. The molecule has 3 N–H and O–H groups in total. The van der Waals surface area contributed by atoms with Gasteiger partial charge in [-0.1, -0.05) is 49.2 Å². The normalized spacial score (nSPS) is 13.8. The molecule has 8 heteroatoms. The Morgan fingerprint density at radius 3 is 2.12 bits per heavy atom. The predicted octanol–water partition coefficient (Wildman–Crippen LogP) is 5.73. The average Bonchev–Trinajstić information content (AvgIpc) is 2.82. The van der Waals surface area contributed by atoms with E-state index in [-0.39, 0.29) is 30.2 Å². The fraction of sp³-hybridized carbons (Fsp3) is 0.531. The molecule has 0 aliphatic rings. The smallest absolute Gasteiger partial charge is 0.408 e. The summed E-state index contributed by atoms with van der Waals surface area (Å²) in [6.45, 7) is 16.9. The fourth-order valence-electron chi connectivity index (χ4n) is 4.75. The number of nitrogens with zero attached hydrogens (tertiary/aromatic N) is 1. The number of phenolic OH excluding ortho intramolecular Hbond substituents is 1. The van der Waals surface area contributed by atoms with Gasteiger partial charge < -0.3 is 25.4 Å². The number of carbonyl (C=O) groups excluding carboxylic acids is 3. The van der Waals surface area contributed by atoms with Gasteiger partial charge in [-0.25, -0.2) is 4.79 Å². The molecule has 0 saturated heterocycles. The number of carbonyl (C=O) groups is 3. The van der Waals surface area contributed by atoms with Crippen LogP contribution in [0.4, 0.5) is 4.79 Å². The third kappa shape index (κ3) is 9.57. The number of rotatable bonds is 11. The van der Waals surface area contributed by atoms with Crippen molar-refractivity contribution in [3.63, 3.8) is 0 Å². The van der Waals surface area contributed by atoms with Gasteiger partial charge in [0.25, 0.3) is 0 Å². The maximum Gasteiger partial charge on any atom is 0.408 e. The van der Waals surface area contributed by atoms with Crippen molar-refractivity contribution in [2.45, 2.75) is 111 Å². The van der Waals surface area contributed by atoms with Crippen LogP contribution in [0.5, 0.6) is 5.75 Å². The molecule has 2 aromatic rings. The Balaban J connectivity index is 2.59. The molecule has 0 aliphatic carbocycles. The Bertz CT molecular complexity index is 1150. The van der Waals surface area contributed by atoms with Crippen molar-refractivity contribution < 1.29 is 24.2 Å². The first-order valence-corrected chi connectivity index (χ1v) is 14.1. The van der Waals surface area contributed by atoms with Gasteiger partial charge in [-0.15, -0.1) is 0 Å². The molecule has 3 unspecified atom stereocenters. The van der Waals surface area contributed by atoms with Crippen LogP contribution in [0, 0.1) is 13.8 Å². The van der Waals surface area contributed by atoms with Crippen molar-refractivity contribution >= 4 is 17.9 Å². The lowest BCUT2D eigenvalue weighted by molar-refractivity contribution is -0.144. The second kappa shape index (κ2) is 14.2. The van der Waals surface area contributed by atoms with Crippen molar-refractivity contribution in [1.29, 1.82) is 0 Å². The summed E-state index contributed by atoms with van der Waals surface area (Å²) in [5, 5.41) is 15.6. The fourth-order valence-corrected chi connectivity index (χ4v) is 4.75. The van der Waals surface area contributed by atoms with Gasteiger partial charge in [0.05, 0.1) is 0 Å². The lowest BCUT2D eigenvalue weighted by atomic mass is 9.94. The van der Waals surface area contributed by atoms with Crippen molar-refractivity contribution in [1.82, 2.24) is 15.5 Å². The van der Waals surface area contributed by atoms with Crippen LogP contribution in [0.1, 0.15) is 89.6 Å². The van der Waals surface area contributed by atoms with E-state index in [4.69, 9.17) is 4.74 Å². The zero-order valence-corrected chi connectivity index (χ0v) is 25.5. The number of alkyl carbamates (subject to hydrolysis) is 1. The lowest BCUT2D eigenvalue weighted by Crippen LogP contribution is -2.56. The van der Waals surface area contributed by atoms with Crippen LogP contribution in [0.25, 0.3) is 0 Å². The van der Waals surface area contributed by atoms with E-state index >= 15 is 0 Å². The first-order chi connectivity index (χ1) is 18.6. The second-order valence-corrected chi connectivity index (χ2v) is 11.9. The summed E-state index contributed by atoms with van der Waals surface area (Å²) < 4.78 is 5.48. The van der Waals surface area contributed by atoms with Gasteiger partial charge in [0.15, 0.2) is 0 Å². The Morgan fingerprint density at radius 1 is 0.975 bits per heavy atom. The molecule has 0 radical (unpaired) electrons. The zero-order valence-electron chi connectivity index (χ0n) is 25.5. The first kappa shape index (κ1) is 32.7. The topological polar surface area (TPSA) is 108 Å². The van der Waals surface area contributed by atoms with Gasteiger partial charge in [-0.3, -0.25) is 9.59 Å². The highest BCUT2D eigenvalue weighted by Crippen LogP contribution is 2.29. The summed E-state index contributed by atoms with van der Waals surface area (Å²) in [5.74, 6) is -0.573. The highest BCUT2D eigenvalue weighted by molar-refractivity contribution is 5.92. The Hall–Kier alpha value is -3.55. The quantitative estimate of drug-likeness (QED) is 0.329. The molecular weight excluding hydrogens is 506 g/mol. The number of phenols is 1. The number of amides is 3. The number of aryl methyl sites for hydroxylation is 2. The molecule has 3 atom stereocenters. The van der Waals surface area contributed by atoms with Crippen LogP contribution in [-0.4, -0.2) is 51.6 Å². The maximum absolute atomic E-state index is 14.4. The maximum atomic E-state index is 14.4. The molecular formula is C32H47N3O5. The molecule has 0 spiro atoms. The molecule has 0 aromatic heterocycles. The molecule has 0 fully saturated rings. The van der Waals surface area contributed by atoms with Gasteiger partial charge >= 0.3 is 6.09 Å². The van der Waals surface area contributed by atoms with Crippen LogP contribution in [0.15, 0.2) is 42.5 Å². The average molecular weight is 554 g/mol. The van der Waals surface area contributed by atoms with Gasteiger partial charge in [-0.2, -0.15) is 0 Å². The summed E-state index contributed by atoms with van der Waals surface area (Å²) in [4.78, 5) is 42.7. The van der Waals surface area contributed by atoms with Crippen LogP contribution in [0.2, 0.25) is 0 Å². The van der Waals surface area contributed by atoms with E-state index in [1.165, 1.54) is 12.1 Å². The SMILES string of the molecule is CCCC(C)NC(=O)C(c1ccc(C)cc1C)N(C(=O)C(Cc1ccc(O)cc1)NC(=O)OC(C)(C)C)C(C)C. The predicted molar refractivity (Wildman–Crippen MR) is 158 cm³/mol. The van der Waals surface area contributed by atoms with Crippen LogP contribution in [0.3, 0.4) is 0 Å². The molecule has 8 nitrogen and oxygen atoms in total. The molecule has 220 valence electrons. The lowest BCUT2D eigenvalue weighted by Gasteiger charge is -2.38. The van der Waals surface area contributed by atoms with Gasteiger partial charge in [0, 0.05) is 18.5 Å². The second-order valence-electron chi connectivity index (χ2n) is 11.9. The Labute approximate surface area is 239 Å². The molecule has 0 heterocycles. The van der Waals surface area contributed by atoms with Crippen molar-refractivity contribution in [3.05, 3.63) is 64.7 Å². The van der Waals surface area contributed by atoms with Crippen molar-refractivity contribution in [2.75, 3.05) is 0 Å². The number of hydrogen-bond donors (Lipinski definition) is 3. The first-order valence-electron chi connectivity index (χ1n) is 14.1. The standard InChI is InChI=1S/C32H47N3O5/c1-10-11-23(6)33-29(37)28(26-17-12-21(4)18-22(26)5)35(20(2)3)30(38)27(34-31(39)40-32(7,8)9)19-24-13-15-25(36)16-14-24/h12-18,20,23,27-28,36H,10-11,19H2,1-9H3,(H,33,37)(H,34,39). The summed E-state index contributed by atoms with van der Waals surface area (Å²) in [5.41, 5.74) is 2.66. The van der Waals surface area contributed by atoms with E-state index in [0.29, 0.717) is 0 Å². The summed E-state index contributed by atoms with van der Waals surface area (Å²) in [6.07, 6.45) is 1.15. The van der Waals surface area contributed by atoms with Crippen LogP contribution >= 0.6 is 0 Å². The number of hydrogen-bond acceptors (Lipinski definition) is 5. The van der Waals surface area contributed by atoms with Crippen molar-refractivity contribution in [2.24, 2.45) is 0 Å². The molecule has 0 aliphatic heterocycles. The highest BCUT2D eigenvalue weighted by Gasteiger charge is 2.38. The number of nitrogens with one attached hydrogen (secondary N) is 2. The molecule has 0 saturated carbocycles. The summed E-state index contributed by atoms with van der Waals surface area (Å²) in [7, 11) is 0. The van der Waals surface area contributed by atoms with Gasteiger partial charge in [-0.05, 0) is 90.6 Å². The molecule has 2 rings (SSSR count). The largest absolute Gasteiger partial charge is 0.508 e. The van der Waals surface area contributed by atoms with E-state index in [1.54, 1.807) is 37.8 Å². The van der Waals surface area contributed by atoms with E-state index < -0.39 is 29.7 Å². The highest BCUT2D eigenvalue weighted by atomic mass is 16.6. The molecule has 2 aromatic carbocycles. The number of aromatic hydroxyl groups is 1. The van der Waals surface area contributed by atoms with Crippen LogP contribution in [-0.2, 0) is 20.7 Å². The van der Waals surface area contributed by atoms with E-state index in [2.05, 4.69) is 17.6 Å². The van der Waals surface area contributed by atoms with E-state index in [0.717, 1.165) is 35.1 Å². The van der Waals surface area contributed by atoms with E-state index in [1.807, 2.05) is 52.8 Å². The third-order valence-electron chi connectivity index (χ3n) is 6.53. The van der Waals surface area contributed by atoms with Gasteiger partial charge in [0.2, 0.25) is 11.8 Å². The minimum absolute atomic E-state index is 0.0671. The number of ether oxygens (including phenoxy) is 1. The van der Waals surface area contributed by atoms with Crippen LogP contribution < -0.4 is 10.6 Å². The number of benzene rings is 2. The molecule has 40 heavy (non-hydrogen) atoms. The monoisotopic (exact) mass is 553 g/mol.